The van der Waals surface area contributed by atoms with Crippen molar-refractivity contribution in [3.05, 3.63) is 47.5 Å². The SMILES string of the molecule is COc1cccc(SCC(=O)Nc2ccc(OC)c(Cl)c2)c1. The Morgan fingerprint density at radius 3 is 2.68 bits per heavy atom. The number of ether oxygens (including phenoxy) is 2. The second kappa shape index (κ2) is 7.96. The fourth-order valence-electron chi connectivity index (χ4n) is 1.78. The summed E-state index contributed by atoms with van der Waals surface area (Å²) in [5.41, 5.74) is 0.641. The highest BCUT2D eigenvalue weighted by Gasteiger charge is 2.07. The van der Waals surface area contributed by atoms with Gasteiger partial charge in [-0.15, -0.1) is 11.8 Å². The lowest BCUT2D eigenvalue weighted by molar-refractivity contribution is -0.113. The highest BCUT2D eigenvalue weighted by atomic mass is 35.5. The first kappa shape index (κ1) is 16.5. The Balaban J connectivity index is 1.91. The van der Waals surface area contributed by atoms with Gasteiger partial charge in [0.15, 0.2) is 0 Å². The third-order valence-electron chi connectivity index (χ3n) is 2.85. The van der Waals surface area contributed by atoms with Gasteiger partial charge >= 0.3 is 0 Å². The van der Waals surface area contributed by atoms with Crippen LogP contribution in [-0.4, -0.2) is 25.9 Å². The average Bonchev–Trinajstić information content (AvgIpc) is 2.53. The van der Waals surface area contributed by atoms with Gasteiger partial charge in [0.05, 0.1) is 25.0 Å². The summed E-state index contributed by atoms with van der Waals surface area (Å²) >= 11 is 7.46. The molecule has 0 aromatic heterocycles. The number of thioether (sulfide) groups is 1. The van der Waals surface area contributed by atoms with Crippen LogP contribution in [0, 0.1) is 0 Å². The topological polar surface area (TPSA) is 47.6 Å². The van der Waals surface area contributed by atoms with Crippen LogP contribution in [0.15, 0.2) is 47.4 Å². The van der Waals surface area contributed by atoms with Gasteiger partial charge in [0.2, 0.25) is 5.91 Å². The van der Waals surface area contributed by atoms with Crippen LogP contribution in [0.2, 0.25) is 5.02 Å². The molecule has 2 aromatic rings. The van der Waals surface area contributed by atoms with Crippen LogP contribution in [0.5, 0.6) is 11.5 Å². The summed E-state index contributed by atoms with van der Waals surface area (Å²) in [6.45, 7) is 0. The molecule has 0 spiro atoms. The lowest BCUT2D eigenvalue weighted by Gasteiger charge is -2.08. The highest BCUT2D eigenvalue weighted by Crippen LogP contribution is 2.27. The van der Waals surface area contributed by atoms with E-state index in [9.17, 15) is 4.79 Å². The Bertz CT molecular complexity index is 664. The number of amides is 1. The molecule has 2 rings (SSSR count). The van der Waals surface area contributed by atoms with E-state index in [1.165, 1.54) is 11.8 Å². The van der Waals surface area contributed by atoms with Gasteiger partial charge in [-0.1, -0.05) is 17.7 Å². The molecule has 0 atom stereocenters. The summed E-state index contributed by atoms with van der Waals surface area (Å²) in [7, 11) is 3.16. The molecule has 0 fully saturated rings. The van der Waals surface area contributed by atoms with Crippen molar-refractivity contribution in [3.8, 4) is 11.5 Å². The molecule has 22 heavy (non-hydrogen) atoms. The Hall–Kier alpha value is -1.85. The van der Waals surface area contributed by atoms with Gasteiger partial charge < -0.3 is 14.8 Å². The van der Waals surface area contributed by atoms with Crippen molar-refractivity contribution in [2.75, 3.05) is 25.3 Å². The molecule has 1 amide bonds. The predicted octanol–water partition coefficient (Wildman–Crippen LogP) is 4.09. The lowest BCUT2D eigenvalue weighted by Crippen LogP contribution is -2.13. The maximum atomic E-state index is 12.0. The Morgan fingerprint density at radius 1 is 1.18 bits per heavy atom. The van der Waals surface area contributed by atoms with Gasteiger partial charge in [-0.05, 0) is 36.4 Å². The molecule has 0 heterocycles. The Kier molecular flexibility index (Phi) is 5.98. The average molecular weight is 338 g/mol. The number of nitrogens with one attached hydrogen (secondary N) is 1. The Labute approximate surface area is 138 Å². The molecule has 116 valence electrons. The molecule has 0 aliphatic rings. The van der Waals surface area contributed by atoms with Gasteiger partial charge in [0.1, 0.15) is 11.5 Å². The van der Waals surface area contributed by atoms with Gasteiger partial charge in [0, 0.05) is 10.6 Å². The first-order chi connectivity index (χ1) is 10.6. The minimum Gasteiger partial charge on any atom is -0.497 e. The highest BCUT2D eigenvalue weighted by molar-refractivity contribution is 8.00. The number of hydrogen-bond acceptors (Lipinski definition) is 4. The maximum absolute atomic E-state index is 12.0. The van der Waals surface area contributed by atoms with Crippen molar-refractivity contribution < 1.29 is 14.3 Å². The zero-order valence-electron chi connectivity index (χ0n) is 12.3. The Morgan fingerprint density at radius 2 is 2.00 bits per heavy atom. The van der Waals surface area contributed by atoms with Gasteiger partial charge in [-0.25, -0.2) is 0 Å². The van der Waals surface area contributed by atoms with Crippen LogP contribution >= 0.6 is 23.4 Å². The fourth-order valence-corrected chi connectivity index (χ4v) is 2.78. The first-order valence-corrected chi connectivity index (χ1v) is 7.89. The van der Waals surface area contributed by atoms with E-state index in [0.29, 0.717) is 22.2 Å². The maximum Gasteiger partial charge on any atom is 0.234 e. The van der Waals surface area contributed by atoms with Crippen molar-refractivity contribution in [3.63, 3.8) is 0 Å². The molecule has 4 nitrogen and oxygen atoms in total. The number of anilines is 1. The predicted molar refractivity (Wildman–Crippen MR) is 90.4 cm³/mol. The molecule has 2 aromatic carbocycles. The van der Waals surface area contributed by atoms with Crippen LogP contribution < -0.4 is 14.8 Å². The van der Waals surface area contributed by atoms with Crippen LogP contribution in [0.1, 0.15) is 0 Å². The molecule has 0 radical (unpaired) electrons. The van der Waals surface area contributed by atoms with Crippen molar-refractivity contribution in [1.82, 2.24) is 0 Å². The van der Waals surface area contributed by atoms with E-state index in [0.717, 1.165) is 10.6 Å². The van der Waals surface area contributed by atoms with Gasteiger partial charge in [-0.3, -0.25) is 4.79 Å². The third kappa shape index (κ3) is 4.58. The first-order valence-electron chi connectivity index (χ1n) is 6.52. The number of hydrogen-bond donors (Lipinski definition) is 1. The summed E-state index contributed by atoms with van der Waals surface area (Å²) < 4.78 is 10.2. The quantitative estimate of drug-likeness (QED) is 0.806. The second-order valence-electron chi connectivity index (χ2n) is 4.37. The zero-order chi connectivity index (χ0) is 15.9. The molecule has 0 saturated carbocycles. The number of carbonyl (C=O) groups excluding carboxylic acids is 1. The molecule has 0 bridgehead atoms. The summed E-state index contributed by atoms with van der Waals surface area (Å²) in [5.74, 6) is 1.54. The van der Waals surface area contributed by atoms with E-state index in [1.54, 1.807) is 32.4 Å². The molecular formula is C16H16ClNO3S. The largest absolute Gasteiger partial charge is 0.497 e. The van der Waals surface area contributed by atoms with E-state index >= 15 is 0 Å². The summed E-state index contributed by atoms with van der Waals surface area (Å²) in [4.78, 5) is 12.9. The van der Waals surface area contributed by atoms with Gasteiger partial charge in [0.25, 0.3) is 0 Å². The fraction of sp³-hybridized carbons (Fsp3) is 0.188. The molecule has 6 heteroatoms. The number of halogens is 1. The lowest BCUT2D eigenvalue weighted by atomic mass is 10.3. The number of rotatable bonds is 6. The van der Waals surface area contributed by atoms with Gasteiger partial charge in [-0.2, -0.15) is 0 Å². The van der Waals surface area contributed by atoms with E-state index in [-0.39, 0.29) is 5.91 Å². The van der Waals surface area contributed by atoms with E-state index < -0.39 is 0 Å². The van der Waals surface area contributed by atoms with Crippen molar-refractivity contribution >= 4 is 35.0 Å². The third-order valence-corrected chi connectivity index (χ3v) is 4.14. The molecule has 1 N–H and O–H groups in total. The summed E-state index contributed by atoms with van der Waals surface area (Å²) in [5, 5.41) is 3.26. The standard InChI is InChI=1S/C16H16ClNO3S/c1-20-12-4-3-5-13(9-12)22-10-16(19)18-11-6-7-15(21-2)14(17)8-11/h3-9H,10H2,1-2H3,(H,18,19). The smallest absolute Gasteiger partial charge is 0.234 e. The number of carbonyl (C=O) groups is 1. The molecule has 0 aliphatic heterocycles. The van der Waals surface area contributed by atoms with Crippen molar-refractivity contribution in [1.29, 1.82) is 0 Å². The number of benzene rings is 2. The summed E-state index contributed by atoms with van der Waals surface area (Å²) in [6.07, 6.45) is 0. The van der Waals surface area contributed by atoms with E-state index in [2.05, 4.69) is 5.32 Å². The normalized spacial score (nSPS) is 10.1. The molecule has 0 saturated heterocycles. The summed E-state index contributed by atoms with van der Waals surface area (Å²) in [6, 6.07) is 12.7. The second-order valence-corrected chi connectivity index (χ2v) is 5.82. The minimum absolute atomic E-state index is 0.103. The van der Waals surface area contributed by atoms with Crippen LogP contribution in [0.4, 0.5) is 5.69 Å². The zero-order valence-corrected chi connectivity index (χ0v) is 13.8. The van der Waals surface area contributed by atoms with E-state index in [4.69, 9.17) is 21.1 Å². The van der Waals surface area contributed by atoms with E-state index in [1.807, 2.05) is 24.3 Å². The van der Waals surface area contributed by atoms with Crippen molar-refractivity contribution in [2.45, 2.75) is 4.90 Å². The minimum atomic E-state index is -0.103. The van der Waals surface area contributed by atoms with Crippen LogP contribution in [0.25, 0.3) is 0 Å². The number of methoxy groups -OCH3 is 2. The van der Waals surface area contributed by atoms with Crippen LogP contribution in [0.3, 0.4) is 0 Å². The molecular weight excluding hydrogens is 322 g/mol. The molecule has 0 unspecified atom stereocenters. The molecule has 0 aliphatic carbocycles. The monoisotopic (exact) mass is 337 g/mol. The van der Waals surface area contributed by atoms with Crippen molar-refractivity contribution in [2.24, 2.45) is 0 Å². The van der Waals surface area contributed by atoms with Crippen LogP contribution in [-0.2, 0) is 4.79 Å².